The minimum absolute atomic E-state index is 0.0209. The van der Waals surface area contributed by atoms with Gasteiger partial charge in [0.15, 0.2) is 5.78 Å². The maximum atomic E-state index is 12.6. The van der Waals surface area contributed by atoms with E-state index >= 15 is 0 Å². The van der Waals surface area contributed by atoms with Gasteiger partial charge in [0.05, 0.1) is 23.3 Å². The van der Waals surface area contributed by atoms with Gasteiger partial charge in [-0.25, -0.2) is 0 Å². The number of hydrogen-bond donors (Lipinski definition) is 1. The van der Waals surface area contributed by atoms with Gasteiger partial charge in [-0.2, -0.15) is 10.2 Å². The topological polar surface area (TPSA) is 72.0 Å². The van der Waals surface area contributed by atoms with Crippen LogP contribution >= 0.6 is 0 Å². The second-order valence-electron chi connectivity index (χ2n) is 5.65. The van der Waals surface area contributed by atoms with Gasteiger partial charge in [-0.05, 0) is 25.5 Å². The van der Waals surface area contributed by atoms with E-state index in [2.05, 4.69) is 15.5 Å². The molecule has 1 unspecified atom stereocenters. The SMILES string of the molecule is CC(=O)c1ccc(C(C)NC(=O)c2cnnc3ccccc23)cc1. The van der Waals surface area contributed by atoms with Crippen LogP contribution in [0.1, 0.15) is 46.2 Å². The molecular formula is C19H17N3O2. The van der Waals surface area contributed by atoms with Gasteiger partial charge in [0.25, 0.3) is 5.91 Å². The number of amides is 1. The zero-order valence-electron chi connectivity index (χ0n) is 13.5. The van der Waals surface area contributed by atoms with Crippen molar-refractivity contribution in [2.45, 2.75) is 19.9 Å². The van der Waals surface area contributed by atoms with Crippen molar-refractivity contribution in [3.8, 4) is 0 Å². The molecule has 1 amide bonds. The number of aromatic nitrogens is 2. The molecule has 0 aliphatic heterocycles. The summed E-state index contributed by atoms with van der Waals surface area (Å²) in [7, 11) is 0. The van der Waals surface area contributed by atoms with Gasteiger partial charge in [0, 0.05) is 10.9 Å². The van der Waals surface area contributed by atoms with Crippen LogP contribution in [0.5, 0.6) is 0 Å². The van der Waals surface area contributed by atoms with Gasteiger partial charge in [0.2, 0.25) is 0 Å². The molecule has 1 aromatic heterocycles. The van der Waals surface area contributed by atoms with E-state index in [0.717, 1.165) is 10.9 Å². The summed E-state index contributed by atoms with van der Waals surface area (Å²) in [6, 6.07) is 14.4. The molecule has 3 rings (SSSR count). The summed E-state index contributed by atoms with van der Waals surface area (Å²) in [5.74, 6) is -0.184. The first-order valence-corrected chi connectivity index (χ1v) is 7.68. The summed E-state index contributed by atoms with van der Waals surface area (Å²) in [5.41, 5.74) is 2.76. The summed E-state index contributed by atoms with van der Waals surface area (Å²) < 4.78 is 0. The third-order valence-corrected chi connectivity index (χ3v) is 3.96. The van der Waals surface area contributed by atoms with Gasteiger partial charge in [-0.1, -0.05) is 42.5 Å². The second kappa shape index (κ2) is 6.58. The maximum absolute atomic E-state index is 12.6. The number of Topliss-reactive ketones (excluding diaryl/α,β-unsaturated/α-hetero) is 1. The van der Waals surface area contributed by atoms with E-state index in [4.69, 9.17) is 0 Å². The third kappa shape index (κ3) is 3.15. The summed E-state index contributed by atoms with van der Waals surface area (Å²) in [6.07, 6.45) is 1.48. The van der Waals surface area contributed by atoms with Gasteiger partial charge >= 0.3 is 0 Å². The highest BCUT2D eigenvalue weighted by Crippen LogP contribution is 2.18. The number of nitrogens with zero attached hydrogens (tertiary/aromatic N) is 2. The standard InChI is InChI=1S/C19H17N3O2/c1-12(14-7-9-15(10-8-14)13(2)23)21-19(24)17-11-20-22-18-6-4-3-5-16(17)18/h3-12H,1-2H3,(H,21,24). The Morgan fingerprint density at radius 3 is 2.46 bits per heavy atom. The summed E-state index contributed by atoms with van der Waals surface area (Å²) in [5, 5.41) is 11.7. The third-order valence-electron chi connectivity index (χ3n) is 3.96. The Kier molecular flexibility index (Phi) is 4.33. The summed E-state index contributed by atoms with van der Waals surface area (Å²) >= 11 is 0. The predicted molar refractivity (Wildman–Crippen MR) is 91.9 cm³/mol. The van der Waals surface area contributed by atoms with Gasteiger partial charge in [-0.15, -0.1) is 0 Å². The van der Waals surface area contributed by atoms with Gasteiger partial charge < -0.3 is 5.32 Å². The molecule has 1 atom stereocenters. The largest absolute Gasteiger partial charge is 0.345 e. The molecule has 0 aliphatic rings. The lowest BCUT2D eigenvalue weighted by Crippen LogP contribution is -2.27. The van der Waals surface area contributed by atoms with Crippen LogP contribution in [0.4, 0.5) is 0 Å². The van der Waals surface area contributed by atoms with Crippen molar-refractivity contribution in [1.29, 1.82) is 0 Å². The molecule has 0 spiro atoms. The molecular weight excluding hydrogens is 302 g/mol. The molecule has 1 heterocycles. The quantitative estimate of drug-likeness (QED) is 0.749. The van der Waals surface area contributed by atoms with Crippen LogP contribution in [0.3, 0.4) is 0 Å². The summed E-state index contributed by atoms with van der Waals surface area (Å²) in [6.45, 7) is 3.43. The van der Waals surface area contributed by atoms with Gasteiger partial charge in [-0.3, -0.25) is 9.59 Å². The highest BCUT2D eigenvalue weighted by molar-refractivity contribution is 6.05. The van der Waals surface area contributed by atoms with Crippen LogP contribution < -0.4 is 5.32 Å². The van der Waals surface area contributed by atoms with E-state index in [9.17, 15) is 9.59 Å². The fraction of sp³-hybridized carbons (Fsp3) is 0.158. The Balaban J connectivity index is 1.82. The second-order valence-corrected chi connectivity index (χ2v) is 5.65. The number of rotatable bonds is 4. The van der Waals surface area contributed by atoms with E-state index in [1.165, 1.54) is 13.1 Å². The lowest BCUT2D eigenvalue weighted by molar-refractivity contribution is 0.0940. The van der Waals surface area contributed by atoms with Gasteiger partial charge in [0.1, 0.15) is 0 Å². The fourth-order valence-electron chi connectivity index (χ4n) is 2.55. The number of carbonyl (C=O) groups is 2. The molecule has 0 saturated heterocycles. The first-order chi connectivity index (χ1) is 11.6. The van der Waals surface area contributed by atoms with E-state index in [-0.39, 0.29) is 17.7 Å². The Labute approximate surface area is 139 Å². The fourth-order valence-corrected chi connectivity index (χ4v) is 2.55. The van der Waals surface area contributed by atoms with Crippen molar-refractivity contribution >= 4 is 22.6 Å². The van der Waals surface area contributed by atoms with Crippen molar-refractivity contribution in [2.24, 2.45) is 0 Å². The molecule has 5 heteroatoms. The van der Waals surface area contributed by atoms with Crippen molar-refractivity contribution in [3.63, 3.8) is 0 Å². The lowest BCUT2D eigenvalue weighted by atomic mass is 10.0. The first kappa shape index (κ1) is 15.8. The number of ketones is 1. The molecule has 5 nitrogen and oxygen atoms in total. The molecule has 24 heavy (non-hydrogen) atoms. The van der Waals surface area contributed by atoms with Crippen LogP contribution in [0.2, 0.25) is 0 Å². The molecule has 0 saturated carbocycles. The van der Waals surface area contributed by atoms with Crippen LogP contribution in [-0.2, 0) is 0 Å². The molecule has 0 fully saturated rings. The monoisotopic (exact) mass is 319 g/mol. The average molecular weight is 319 g/mol. The van der Waals surface area contributed by atoms with Crippen molar-refractivity contribution in [1.82, 2.24) is 15.5 Å². The highest BCUT2D eigenvalue weighted by atomic mass is 16.1. The Hall–Kier alpha value is -3.08. The molecule has 120 valence electrons. The van der Waals surface area contributed by atoms with E-state index < -0.39 is 0 Å². The molecule has 0 bridgehead atoms. The Morgan fingerprint density at radius 1 is 1.04 bits per heavy atom. The molecule has 2 aromatic carbocycles. The van der Waals surface area contributed by atoms with Crippen LogP contribution in [0.15, 0.2) is 54.7 Å². The summed E-state index contributed by atoms with van der Waals surface area (Å²) in [4.78, 5) is 23.9. The van der Waals surface area contributed by atoms with E-state index in [1.807, 2.05) is 43.3 Å². The maximum Gasteiger partial charge on any atom is 0.254 e. The Bertz CT molecular complexity index is 899. The molecule has 0 aliphatic carbocycles. The number of fused-ring (bicyclic) bond motifs is 1. The number of carbonyl (C=O) groups excluding carboxylic acids is 2. The number of nitrogens with one attached hydrogen (secondary N) is 1. The highest BCUT2D eigenvalue weighted by Gasteiger charge is 2.15. The van der Waals surface area contributed by atoms with E-state index in [1.54, 1.807) is 12.1 Å². The van der Waals surface area contributed by atoms with Crippen LogP contribution in [-0.4, -0.2) is 21.9 Å². The minimum atomic E-state index is -0.204. The zero-order chi connectivity index (χ0) is 17.1. The van der Waals surface area contributed by atoms with Crippen LogP contribution in [0, 0.1) is 0 Å². The first-order valence-electron chi connectivity index (χ1n) is 7.68. The van der Waals surface area contributed by atoms with E-state index in [0.29, 0.717) is 16.6 Å². The van der Waals surface area contributed by atoms with Crippen molar-refractivity contribution in [2.75, 3.05) is 0 Å². The molecule has 1 N–H and O–H groups in total. The smallest absolute Gasteiger partial charge is 0.254 e. The molecule has 3 aromatic rings. The normalized spacial score (nSPS) is 11.9. The van der Waals surface area contributed by atoms with Crippen molar-refractivity contribution < 1.29 is 9.59 Å². The Morgan fingerprint density at radius 2 is 1.75 bits per heavy atom. The van der Waals surface area contributed by atoms with Crippen LogP contribution in [0.25, 0.3) is 10.9 Å². The number of benzene rings is 2. The molecule has 0 radical (unpaired) electrons. The average Bonchev–Trinajstić information content (AvgIpc) is 2.61. The minimum Gasteiger partial charge on any atom is -0.345 e. The predicted octanol–water partition coefficient (Wildman–Crippen LogP) is 3.32. The van der Waals surface area contributed by atoms with Crippen molar-refractivity contribution in [3.05, 3.63) is 71.4 Å². The number of hydrogen-bond acceptors (Lipinski definition) is 4. The lowest BCUT2D eigenvalue weighted by Gasteiger charge is -2.15. The zero-order valence-corrected chi connectivity index (χ0v) is 13.5.